The summed E-state index contributed by atoms with van der Waals surface area (Å²) in [5.74, 6) is 7.22. The number of nitrogens with two attached hydrogens (primary N) is 1. The standard InChI is InChI=1S/C15H19F3N2O/c16-15(17,18)21-10-5-3-4-9(8-10)14(20-19)13-11-6-1-2-7-12(11)13/h3-5,8,11-14,20H,1-2,6-7,19H2. The van der Waals surface area contributed by atoms with Gasteiger partial charge in [0.25, 0.3) is 0 Å². The summed E-state index contributed by atoms with van der Waals surface area (Å²) in [5.41, 5.74) is 3.55. The summed E-state index contributed by atoms with van der Waals surface area (Å²) < 4.78 is 40.9. The summed E-state index contributed by atoms with van der Waals surface area (Å²) in [6, 6.07) is 6.02. The number of alkyl halides is 3. The molecule has 3 nitrogen and oxygen atoms in total. The minimum Gasteiger partial charge on any atom is -0.406 e. The molecule has 3 unspecified atom stereocenters. The zero-order chi connectivity index (χ0) is 15.0. The topological polar surface area (TPSA) is 47.3 Å². The van der Waals surface area contributed by atoms with Crippen LogP contribution in [0, 0.1) is 17.8 Å². The number of halogens is 3. The highest BCUT2D eigenvalue weighted by molar-refractivity contribution is 5.32. The van der Waals surface area contributed by atoms with Gasteiger partial charge in [0.15, 0.2) is 0 Å². The predicted molar refractivity (Wildman–Crippen MR) is 72.1 cm³/mol. The SMILES string of the molecule is NNC(c1cccc(OC(F)(F)F)c1)C1C2CCCCC21. The van der Waals surface area contributed by atoms with E-state index in [0.717, 1.165) is 5.56 Å². The van der Waals surface area contributed by atoms with Gasteiger partial charge in [-0.05, 0) is 48.3 Å². The molecule has 2 saturated carbocycles. The number of hydrazine groups is 1. The van der Waals surface area contributed by atoms with Gasteiger partial charge >= 0.3 is 6.36 Å². The Morgan fingerprint density at radius 3 is 2.43 bits per heavy atom. The van der Waals surface area contributed by atoms with Crippen LogP contribution >= 0.6 is 0 Å². The second-order valence-electron chi connectivity index (χ2n) is 5.95. The molecule has 2 aliphatic carbocycles. The van der Waals surface area contributed by atoms with Gasteiger partial charge in [-0.15, -0.1) is 13.2 Å². The van der Waals surface area contributed by atoms with Gasteiger partial charge in [0.05, 0.1) is 0 Å². The molecule has 0 radical (unpaired) electrons. The lowest BCUT2D eigenvalue weighted by Crippen LogP contribution is -2.30. The van der Waals surface area contributed by atoms with Gasteiger partial charge in [-0.2, -0.15) is 0 Å². The zero-order valence-electron chi connectivity index (χ0n) is 11.6. The lowest BCUT2D eigenvalue weighted by atomic mass is 10.0. The van der Waals surface area contributed by atoms with Crippen LogP contribution in [0.25, 0.3) is 0 Å². The Bertz CT molecular complexity index is 494. The number of nitrogens with one attached hydrogen (secondary N) is 1. The third-order valence-corrected chi connectivity index (χ3v) is 4.74. The first kappa shape index (κ1) is 14.7. The number of ether oxygens (including phenoxy) is 1. The van der Waals surface area contributed by atoms with Crippen molar-refractivity contribution in [1.29, 1.82) is 0 Å². The van der Waals surface area contributed by atoms with Crippen LogP contribution in [0.1, 0.15) is 37.3 Å². The van der Waals surface area contributed by atoms with Crippen LogP contribution < -0.4 is 16.0 Å². The van der Waals surface area contributed by atoms with Gasteiger partial charge < -0.3 is 4.74 Å². The maximum atomic E-state index is 12.3. The second-order valence-corrected chi connectivity index (χ2v) is 5.95. The van der Waals surface area contributed by atoms with Crippen LogP contribution in [-0.4, -0.2) is 6.36 Å². The number of fused-ring (bicyclic) bond motifs is 1. The molecule has 2 aliphatic rings. The third kappa shape index (κ3) is 3.16. The first-order chi connectivity index (χ1) is 9.99. The Hall–Kier alpha value is -1.27. The van der Waals surface area contributed by atoms with Crippen LogP contribution in [0.3, 0.4) is 0 Å². The van der Waals surface area contributed by atoms with Gasteiger partial charge in [0.1, 0.15) is 5.75 Å². The fourth-order valence-corrected chi connectivity index (χ4v) is 3.88. The predicted octanol–water partition coefficient (Wildman–Crippen LogP) is 3.53. The summed E-state index contributed by atoms with van der Waals surface area (Å²) in [6.45, 7) is 0. The monoisotopic (exact) mass is 300 g/mol. The molecule has 0 amide bonds. The molecule has 2 fully saturated rings. The van der Waals surface area contributed by atoms with Crippen LogP contribution in [0.5, 0.6) is 5.75 Å². The Kier molecular flexibility index (Phi) is 3.84. The van der Waals surface area contributed by atoms with Crippen molar-refractivity contribution in [2.45, 2.75) is 38.1 Å². The molecule has 0 bridgehead atoms. The summed E-state index contributed by atoms with van der Waals surface area (Å²) >= 11 is 0. The summed E-state index contributed by atoms with van der Waals surface area (Å²) in [6.07, 6.45) is 0.217. The Balaban J connectivity index is 1.77. The van der Waals surface area contributed by atoms with Gasteiger partial charge in [-0.3, -0.25) is 11.3 Å². The van der Waals surface area contributed by atoms with Crippen molar-refractivity contribution in [3.05, 3.63) is 29.8 Å². The van der Waals surface area contributed by atoms with E-state index in [0.29, 0.717) is 17.8 Å². The van der Waals surface area contributed by atoms with Crippen molar-refractivity contribution in [3.63, 3.8) is 0 Å². The number of benzene rings is 1. The molecule has 0 spiro atoms. The fourth-order valence-electron chi connectivity index (χ4n) is 3.88. The van der Waals surface area contributed by atoms with Gasteiger partial charge in [-0.25, -0.2) is 0 Å². The zero-order valence-corrected chi connectivity index (χ0v) is 11.6. The molecule has 6 heteroatoms. The van der Waals surface area contributed by atoms with E-state index in [-0.39, 0.29) is 11.8 Å². The van der Waals surface area contributed by atoms with E-state index >= 15 is 0 Å². The van der Waals surface area contributed by atoms with E-state index in [2.05, 4.69) is 10.2 Å². The molecule has 1 aromatic rings. The molecule has 0 aliphatic heterocycles. The molecule has 1 aromatic carbocycles. The fraction of sp³-hybridized carbons (Fsp3) is 0.600. The van der Waals surface area contributed by atoms with Crippen molar-refractivity contribution in [3.8, 4) is 5.75 Å². The third-order valence-electron chi connectivity index (χ3n) is 4.74. The quantitative estimate of drug-likeness (QED) is 0.660. The Labute approximate surface area is 121 Å². The minimum absolute atomic E-state index is 0.102. The van der Waals surface area contributed by atoms with Crippen molar-refractivity contribution < 1.29 is 17.9 Å². The van der Waals surface area contributed by atoms with Gasteiger partial charge in [0, 0.05) is 6.04 Å². The lowest BCUT2D eigenvalue weighted by Gasteiger charge is -2.18. The molecule has 3 N–H and O–H groups in total. The second kappa shape index (κ2) is 5.50. The minimum atomic E-state index is -4.67. The average molecular weight is 300 g/mol. The first-order valence-electron chi connectivity index (χ1n) is 7.31. The molecular weight excluding hydrogens is 281 g/mol. The van der Waals surface area contributed by atoms with E-state index in [9.17, 15) is 13.2 Å². The normalized spacial score (nSPS) is 29.6. The summed E-state index contributed by atoms with van der Waals surface area (Å²) in [4.78, 5) is 0. The van der Waals surface area contributed by atoms with E-state index < -0.39 is 6.36 Å². The molecule has 21 heavy (non-hydrogen) atoms. The van der Waals surface area contributed by atoms with Gasteiger partial charge in [-0.1, -0.05) is 25.0 Å². The summed E-state index contributed by atoms with van der Waals surface area (Å²) in [7, 11) is 0. The number of hydrogen-bond acceptors (Lipinski definition) is 3. The van der Waals surface area contributed by atoms with E-state index in [1.165, 1.54) is 37.8 Å². The van der Waals surface area contributed by atoms with Crippen LogP contribution in [0.15, 0.2) is 24.3 Å². The van der Waals surface area contributed by atoms with Crippen molar-refractivity contribution >= 4 is 0 Å². The molecule has 0 saturated heterocycles. The molecule has 3 rings (SSSR count). The first-order valence-corrected chi connectivity index (χ1v) is 7.31. The molecule has 116 valence electrons. The maximum Gasteiger partial charge on any atom is 0.573 e. The molecule has 0 aromatic heterocycles. The van der Waals surface area contributed by atoms with Gasteiger partial charge in [0.2, 0.25) is 0 Å². The van der Waals surface area contributed by atoms with E-state index in [1.807, 2.05) is 0 Å². The summed E-state index contributed by atoms with van der Waals surface area (Å²) in [5, 5.41) is 0. The van der Waals surface area contributed by atoms with E-state index in [1.54, 1.807) is 12.1 Å². The average Bonchev–Trinajstić information content (AvgIpc) is 3.13. The lowest BCUT2D eigenvalue weighted by molar-refractivity contribution is -0.274. The highest BCUT2D eigenvalue weighted by Crippen LogP contribution is 2.60. The van der Waals surface area contributed by atoms with E-state index in [4.69, 9.17) is 5.84 Å². The van der Waals surface area contributed by atoms with Crippen LogP contribution in [-0.2, 0) is 0 Å². The smallest absolute Gasteiger partial charge is 0.406 e. The Morgan fingerprint density at radius 1 is 1.19 bits per heavy atom. The van der Waals surface area contributed by atoms with Crippen molar-refractivity contribution in [1.82, 2.24) is 5.43 Å². The number of rotatable bonds is 4. The highest BCUT2D eigenvalue weighted by atomic mass is 19.4. The number of hydrogen-bond donors (Lipinski definition) is 2. The van der Waals surface area contributed by atoms with Crippen LogP contribution in [0.2, 0.25) is 0 Å². The molecule has 0 heterocycles. The Morgan fingerprint density at radius 2 is 1.86 bits per heavy atom. The maximum absolute atomic E-state index is 12.3. The largest absolute Gasteiger partial charge is 0.573 e. The molecular formula is C15H19F3N2O. The van der Waals surface area contributed by atoms with Crippen molar-refractivity contribution in [2.24, 2.45) is 23.6 Å². The molecule has 3 atom stereocenters. The van der Waals surface area contributed by atoms with Crippen LogP contribution in [0.4, 0.5) is 13.2 Å². The highest BCUT2D eigenvalue weighted by Gasteiger charge is 2.54. The van der Waals surface area contributed by atoms with Crippen molar-refractivity contribution in [2.75, 3.05) is 0 Å².